The Hall–Kier alpha value is -1.09. The van der Waals surface area contributed by atoms with E-state index in [0.717, 1.165) is 6.54 Å². The predicted octanol–water partition coefficient (Wildman–Crippen LogP) is 1.33. The molecule has 3 nitrogen and oxygen atoms in total. The zero-order valence-electron chi connectivity index (χ0n) is 9.06. The lowest BCUT2D eigenvalue weighted by Gasteiger charge is -2.14. The monoisotopic (exact) mass is 206 g/mol. The van der Waals surface area contributed by atoms with E-state index >= 15 is 0 Å². The van der Waals surface area contributed by atoms with Gasteiger partial charge in [0.05, 0.1) is 0 Å². The number of aromatic nitrogens is 1. The van der Waals surface area contributed by atoms with E-state index in [9.17, 15) is 4.79 Å². The summed E-state index contributed by atoms with van der Waals surface area (Å²) >= 11 is 0. The van der Waals surface area contributed by atoms with Crippen LogP contribution in [0.2, 0.25) is 0 Å². The molecule has 1 aliphatic heterocycles. The number of hydrogen-bond donors (Lipinski definition) is 0. The zero-order chi connectivity index (χ0) is 10.5. The smallest absolute Gasteiger partial charge is 0.181 e. The van der Waals surface area contributed by atoms with Crippen LogP contribution < -0.4 is 5.43 Å². The maximum atomic E-state index is 10.9. The van der Waals surface area contributed by atoms with Gasteiger partial charge in [-0.25, -0.2) is 0 Å². The minimum absolute atomic E-state index is 0.0887. The standard InChI is InChI=1S/C12H18N2O/c15-12-4-10-14(11-5-12)9-3-8-13-6-1-2-7-13/h4-5,10-11H,1-3,6-9H2. The van der Waals surface area contributed by atoms with Crippen molar-refractivity contribution < 1.29 is 0 Å². The topological polar surface area (TPSA) is 25.2 Å². The van der Waals surface area contributed by atoms with Crippen LogP contribution in [0, 0.1) is 0 Å². The Kier molecular flexibility index (Phi) is 3.56. The Labute approximate surface area is 90.3 Å². The molecule has 0 bridgehead atoms. The molecule has 0 N–H and O–H groups in total. The average Bonchev–Trinajstić information content (AvgIpc) is 2.74. The lowest BCUT2D eigenvalue weighted by molar-refractivity contribution is 0.325. The Morgan fingerprint density at radius 3 is 2.40 bits per heavy atom. The highest BCUT2D eigenvalue weighted by Crippen LogP contribution is 2.07. The van der Waals surface area contributed by atoms with Crippen molar-refractivity contribution in [2.45, 2.75) is 25.8 Å². The van der Waals surface area contributed by atoms with E-state index in [4.69, 9.17) is 0 Å². The van der Waals surface area contributed by atoms with Gasteiger partial charge in [-0.2, -0.15) is 0 Å². The Morgan fingerprint density at radius 2 is 1.73 bits per heavy atom. The Bertz CT molecular complexity index is 332. The summed E-state index contributed by atoms with van der Waals surface area (Å²) in [6.07, 6.45) is 7.62. The van der Waals surface area contributed by atoms with E-state index in [0.29, 0.717) is 0 Å². The van der Waals surface area contributed by atoms with Gasteiger partial charge >= 0.3 is 0 Å². The van der Waals surface area contributed by atoms with Gasteiger partial charge in [0.1, 0.15) is 0 Å². The molecule has 0 saturated carbocycles. The molecule has 3 heteroatoms. The molecule has 1 aromatic rings. The molecule has 0 aliphatic carbocycles. The second-order valence-corrected chi connectivity index (χ2v) is 4.17. The third-order valence-electron chi connectivity index (χ3n) is 2.95. The van der Waals surface area contributed by atoms with Gasteiger partial charge in [-0.05, 0) is 38.9 Å². The number of rotatable bonds is 4. The van der Waals surface area contributed by atoms with Crippen molar-refractivity contribution >= 4 is 0 Å². The Morgan fingerprint density at radius 1 is 1.07 bits per heavy atom. The van der Waals surface area contributed by atoms with Gasteiger partial charge in [0.2, 0.25) is 0 Å². The van der Waals surface area contributed by atoms with Crippen molar-refractivity contribution in [1.29, 1.82) is 0 Å². The van der Waals surface area contributed by atoms with Crippen molar-refractivity contribution in [3.63, 3.8) is 0 Å². The highest BCUT2D eigenvalue weighted by molar-refractivity contribution is 4.93. The highest BCUT2D eigenvalue weighted by atomic mass is 16.1. The number of pyridine rings is 1. The van der Waals surface area contributed by atoms with Crippen LogP contribution in [0.1, 0.15) is 19.3 Å². The van der Waals surface area contributed by atoms with Crippen LogP contribution in [-0.4, -0.2) is 29.1 Å². The summed E-state index contributed by atoms with van der Waals surface area (Å²) in [6, 6.07) is 3.24. The van der Waals surface area contributed by atoms with Gasteiger partial charge in [-0.15, -0.1) is 0 Å². The molecule has 2 rings (SSSR count). The lowest BCUT2D eigenvalue weighted by atomic mass is 10.3. The maximum absolute atomic E-state index is 10.9. The third-order valence-corrected chi connectivity index (χ3v) is 2.95. The average molecular weight is 206 g/mol. The molecule has 1 fully saturated rings. The molecule has 0 atom stereocenters. The fourth-order valence-corrected chi connectivity index (χ4v) is 2.08. The van der Waals surface area contributed by atoms with E-state index in [1.54, 1.807) is 12.1 Å². The molecular formula is C12H18N2O. The summed E-state index contributed by atoms with van der Waals surface area (Å²) < 4.78 is 2.08. The summed E-state index contributed by atoms with van der Waals surface area (Å²) in [4.78, 5) is 13.4. The largest absolute Gasteiger partial charge is 0.354 e. The summed E-state index contributed by atoms with van der Waals surface area (Å²) in [5.74, 6) is 0. The van der Waals surface area contributed by atoms with Gasteiger partial charge in [0, 0.05) is 31.1 Å². The predicted molar refractivity (Wildman–Crippen MR) is 61.0 cm³/mol. The minimum Gasteiger partial charge on any atom is -0.354 e. The molecule has 1 saturated heterocycles. The van der Waals surface area contributed by atoms with Crippen molar-refractivity contribution in [1.82, 2.24) is 9.47 Å². The van der Waals surface area contributed by atoms with Crippen LogP contribution in [0.15, 0.2) is 29.3 Å². The molecule has 2 heterocycles. The van der Waals surface area contributed by atoms with Gasteiger partial charge in [0.25, 0.3) is 0 Å². The molecule has 0 spiro atoms. The van der Waals surface area contributed by atoms with Crippen LogP contribution >= 0.6 is 0 Å². The Balaban J connectivity index is 1.73. The van der Waals surface area contributed by atoms with Gasteiger partial charge in [-0.3, -0.25) is 4.79 Å². The van der Waals surface area contributed by atoms with Gasteiger partial charge in [-0.1, -0.05) is 0 Å². The first-order chi connectivity index (χ1) is 7.34. The second-order valence-electron chi connectivity index (χ2n) is 4.17. The quantitative estimate of drug-likeness (QED) is 0.742. The van der Waals surface area contributed by atoms with Crippen LogP contribution in [0.25, 0.3) is 0 Å². The van der Waals surface area contributed by atoms with E-state index in [2.05, 4.69) is 9.47 Å². The first-order valence-electron chi connectivity index (χ1n) is 5.73. The van der Waals surface area contributed by atoms with Gasteiger partial charge in [0.15, 0.2) is 5.43 Å². The van der Waals surface area contributed by atoms with Crippen molar-refractivity contribution in [2.75, 3.05) is 19.6 Å². The fourth-order valence-electron chi connectivity index (χ4n) is 2.08. The summed E-state index contributed by atoms with van der Waals surface area (Å²) in [5.41, 5.74) is 0.0887. The summed E-state index contributed by atoms with van der Waals surface area (Å²) in [7, 11) is 0. The summed E-state index contributed by atoms with van der Waals surface area (Å²) in [5, 5.41) is 0. The maximum Gasteiger partial charge on any atom is 0.181 e. The molecule has 1 aromatic heterocycles. The molecule has 15 heavy (non-hydrogen) atoms. The molecule has 82 valence electrons. The minimum atomic E-state index is 0.0887. The van der Waals surface area contributed by atoms with Crippen molar-refractivity contribution in [3.05, 3.63) is 34.7 Å². The van der Waals surface area contributed by atoms with E-state index in [1.165, 1.54) is 38.9 Å². The molecule has 0 unspecified atom stereocenters. The van der Waals surface area contributed by atoms with Crippen LogP contribution in [-0.2, 0) is 6.54 Å². The van der Waals surface area contributed by atoms with E-state index in [-0.39, 0.29) is 5.43 Å². The number of likely N-dealkylation sites (tertiary alicyclic amines) is 1. The molecule has 0 amide bonds. The fraction of sp³-hybridized carbons (Fsp3) is 0.583. The first kappa shape index (κ1) is 10.4. The number of aryl methyl sites for hydroxylation is 1. The van der Waals surface area contributed by atoms with Gasteiger partial charge < -0.3 is 9.47 Å². The molecule has 0 radical (unpaired) electrons. The summed E-state index contributed by atoms with van der Waals surface area (Å²) in [6.45, 7) is 4.73. The van der Waals surface area contributed by atoms with Crippen molar-refractivity contribution in [2.24, 2.45) is 0 Å². The van der Waals surface area contributed by atoms with E-state index < -0.39 is 0 Å². The third kappa shape index (κ3) is 3.20. The van der Waals surface area contributed by atoms with Crippen LogP contribution in [0.3, 0.4) is 0 Å². The first-order valence-corrected chi connectivity index (χ1v) is 5.73. The molecular weight excluding hydrogens is 188 g/mol. The number of hydrogen-bond acceptors (Lipinski definition) is 2. The SMILES string of the molecule is O=c1ccn(CCCN2CCCC2)cc1. The molecule has 0 aromatic carbocycles. The zero-order valence-corrected chi connectivity index (χ0v) is 9.06. The van der Waals surface area contributed by atoms with Crippen LogP contribution in [0.4, 0.5) is 0 Å². The van der Waals surface area contributed by atoms with Crippen molar-refractivity contribution in [3.8, 4) is 0 Å². The van der Waals surface area contributed by atoms with Crippen LogP contribution in [0.5, 0.6) is 0 Å². The van der Waals surface area contributed by atoms with E-state index in [1.807, 2.05) is 12.4 Å². The normalized spacial score (nSPS) is 17.1. The second kappa shape index (κ2) is 5.12. The number of nitrogens with zero attached hydrogens (tertiary/aromatic N) is 2. The molecule has 1 aliphatic rings. The highest BCUT2D eigenvalue weighted by Gasteiger charge is 2.09. The lowest BCUT2D eigenvalue weighted by Crippen LogP contribution is -2.21.